The predicted molar refractivity (Wildman–Crippen MR) is 95.5 cm³/mol. The van der Waals surface area contributed by atoms with Crippen molar-refractivity contribution < 1.29 is 9.53 Å². The number of ether oxygens (including phenoxy) is 1. The van der Waals surface area contributed by atoms with Crippen molar-refractivity contribution in [3.05, 3.63) is 28.7 Å². The summed E-state index contributed by atoms with van der Waals surface area (Å²) in [6.07, 6.45) is 2.57. The van der Waals surface area contributed by atoms with Gasteiger partial charge in [-0.25, -0.2) is 0 Å². The van der Waals surface area contributed by atoms with E-state index in [4.69, 9.17) is 10.5 Å². The third-order valence-corrected chi connectivity index (χ3v) is 4.00. The van der Waals surface area contributed by atoms with Crippen LogP contribution in [0.4, 0.5) is 0 Å². The van der Waals surface area contributed by atoms with Gasteiger partial charge in [0.25, 0.3) is 0 Å². The van der Waals surface area contributed by atoms with Crippen LogP contribution in [0.3, 0.4) is 0 Å². The van der Waals surface area contributed by atoms with Gasteiger partial charge in [0.05, 0.1) is 17.1 Å². The standard InChI is InChI=1S/C14H21BrN2O2S.ClH/c1-10(19-13-6-4-3-5-11(13)15)9-17-14(18)12(16)7-8-20-2;/h3-6,10,12H,7-9,16H2,1-2H3,(H,17,18);1H/t10?,12-;/m0./s1. The quantitative estimate of drug-likeness (QED) is 0.708. The van der Waals surface area contributed by atoms with Crippen LogP contribution in [0.15, 0.2) is 28.7 Å². The first kappa shape index (κ1) is 20.6. The molecule has 0 radical (unpaired) electrons. The zero-order valence-electron chi connectivity index (χ0n) is 12.2. The van der Waals surface area contributed by atoms with E-state index in [1.54, 1.807) is 11.8 Å². The number of halogens is 2. The Bertz CT molecular complexity index is 437. The smallest absolute Gasteiger partial charge is 0.237 e. The molecule has 4 nitrogen and oxygen atoms in total. The van der Waals surface area contributed by atoms with Crippen LogP contribution >= 0.6 is 40.1 Å². The summed E-state index contributed by atoms with van der Waals surface area (Å²) < 4.78 is 6.65. The van der Waals surface area contributed by atoms with Crippen LogP contribution in [0, 0.1) is 0 Å². The molecule has 2 atom stereocenters. The average Bonchev–Trinajstić information content (AvgIpc) is 2.44. The van der Waals surface area contributed by atoms with Crippen LogP contribution in [-0.2, 0) is 4.79 Å². The highest BCUT2D eigenvalue weighted by molar-refractivity contribution is 9.10. The number of carbonyl (C=O) groups is 1. The van der Waals surface area contributed by atoms with Gasteiger partial charge in [0.2, 0.25) is 5.91 Å². The first-order valence-corrected chi connectivity index (χ1v) is 8.66. The number of amides is 1. The van der Waals surface area contributed by atoms with E-state index in [-0.39, 0.29) is 24.4 Å². The Balaban J connectivity index is 0.00000400. The highest BCUT2D eigenvalue weighted by Gasteiger charge is 2.14. The summed E-state index contributed by atoms with van der Waals surface area (Å²) in [6.45, 7) is 2.35. The Kier molecular flexibility index (Phi) is 11.0. The molecule has 120 valence electrons. The van der Waals surface area contributed by atoms with Gasteiger partial charge in [-0.1, -0.05) is 12.1 Å². The molecule has 1 aromatic rings. The number of carbonyl (C=O) groups excluding carboxylic acids is 1. The van der Waals surface area contributed by atoms with Crippen molar-refractivity contribution in [2.75, 3.05) is 18.6 Å². The summed E-state index contributed by atoms with van der Waals surface area (Å²) in [5.41, 5.74) is 5.79. The summed E-state index contributed by atoms with van der Waals surface area (Å²) >= 11 is 5.11. The SMILES string of the molecule is CSCC[C@H](N)C(=O)NCC(C)Oc1ccccc1Br.Cl. The second-order valence-electron chi connectivity index (χ2n) is 4.49. The Morgan fingerprint density at radius 1 is 1.48 bits per heavy atom. The van der Waals surface area contributed by atoms with E-state index < -0.39 is 6.04 Å². The molecule has 0 bridgehead atoms. The minimum atomic E-state index is -0.446. The third-order valence-electron chi connectivity index (χ3n) is 2.70. The minimum Gasteiger partial charge on any atom is -0.488 e. The molecule has 0 aromatic heterocycles. The maximum Gasteiger partial charge on any atom is 0.237 e. The Labute approximate surface area is 145 Å². The van der Waals surface area contributed by atoms with E-state index in [2.05, 4.69) is 21.2 Å². The van der Waals surface area contributed by atoms with Crippen molar-refractivity contribution in [2.24, 2.45) is 5.73 Å². The molecule has 0 saturated carbocycles. The lowest BCUT2D eigenvalue weighted by atomic mass is 10.2. The molecule has 0 heterocycles. The summed E-state index contributed by atoms with van der Waals surface area (Å²) in [5, 5.41) is 2.82. The van der Waals surface area contributed by atoms with Gasteiger partial charge >= 0.3 is 0 Å². The van der Waals surface area contributed by atoms with Crippen LogP contribution in [0.5, 0.6) is 5.75 Å². The molecule has 0 aliphatic heterocycles. The third kappa shape index (κ3) is 7.95. The summed E-state index contributed by atoms with van der Waals surface area (Å²) in [4.78, 5) is 11.8. The van der Waals surface area contributed by atoms with Crippen molar-refractivity contribution in [2.45, 2.75) is 25.5 Å². The number of nitrogens with one attached hydrogen (secondary N) is 1. The van der Waals surface area contributed by atoms with Gasteiger partial charge in [-0.3, -0.25) is 4.79 Å². The number of hydrogen-bond donors (Lipinski definition) is 2. The van der Waals surface area contributed by atoms with Gasteiger partial charge in [-0.2, -0.15) is 11.8 Å². The van der Waals surface area contributed by atoms with Crippen LogP contribution < -0.4 is 15.8 Å². The van der Waals surface area contributed by atoms with Gasteiger partial charge in [0.1, 0.15) is 11.9 Å². The van der Waals surface area contributed by atoms with Crippen LogP contribution in [0.2, 0.25) is 0 Å². The van der Waals surface area contributed by atoms with E-state index in [1.165, 1.54) is 0 Å². The maximum atomic E-state index is 11.8. The lowest BCUT2D eigenvalue weighted by Crippen LogP contribution is -2.44. The van der Waals surface area contributed by atoms with E-state index in [1.807, 2.05) is 37.4 Å². The normalized spacial score (nSPS) is 13.0. The molecule has 1 unspecified atom stereocenters. The summed E-state index contributed by atoms with van der Waals surface area (Å²) in [6, 6.07) is 7.18. The molecule has 7 heteroatoms. The molecular weight excluding hydrogens is 376 g/mol. The van der Waals surface area contributed by atoms with Gasteiger partial charge in [0, 0.05) is 0 Å². The lowest BCUT2D eigenvalue weighted by Gasteiger charge is -2.18. The molecule has 0 aliphatic rings. The van der Waals surface area contributed by atoms with E-state index in [9.17, 15) is 4.79 Å². The van der Waals surface area contributed by atoms with Crippen molar-refractivity contribution >= 4 is 46.0 Å². The number of para-hydroxylation sites is 1. The minimum absolute atomic E-state index is 0. The molecule has 21 heavy (non-hydrogen) atoms. The largest absolute Gasteiger partial charge is 0.488 e. The molecule has 1 rings (SSSR count). The van der Waals surface area contributed by atoms with Crippen molar-refractivity contribution in [3.8, 4) is 5.75 Å². The second-order valence-corrected chi connectivity index (χ2v) is 6.33. The van der Waals surface area contributed by atoms with Gasteiger partial charge in [-0.15, -0.1) is 12.4 Å². The fraction of sp³-hybridized carbons (Fsp3) is 0.500. The van der Waals surface area contributed by atoms with E-state index in [0.29, 0.717) is 13.0 Å². The highest BCUT2D eigenvalue weighted by atomic mass is 79.9. The Hall–Kier alpha value is -0.430. The number of nitrogens with two attached hydrogens (primary N) is 1. The van der Waals surface area contributed by atoms with Crippen molar-refractivity contribution in [1.82, 2.24) is 5.32 Å². The first-order valence-electron chi connectivity index (χ1n) is 6.48. The molecule has 0 aliphatic carbocycles. The number of hydrogen-bond acceptors (Lipinski definition) is 4. The molecular formula is C14H22BrClN2O2S. The topological polar surface area (TPSA) is 64.4 Å². The zero-order valence-corrected chi connectivity index (χ0v) is 15.4. The Morgan fingerprint density at radius 2 is 2.14 bits per heavy atom. The molecule has 1 aromatic carbocycles. The van der Waals surface area contributed by atoms with Gasteiger partial charge in [0.15, 0.2) is 0 Å². The molecule has 0 saturated heterocycles. The Morgan fingerprint density at radius 3 is 2.76 bits per heavy atom. The van der Waals surface area contributed by atoms with Gasteiger partial charge < -0.3 is 15.8 Å². The van der Waals surface area contributed by atoms with Crippen molar-refractivity contribution in [1.29, 1.82) is 0 Å². The molecule has 0 spiro atoms. The van der Waals surface area contributed by atoms with E-state index >= 15 is 0 Å². The fourth-order valence-corrected chi connectivity index (χ4v) is 2.42. The predicted octanol–water partition coefficient (Wildman–Crippen LogP) is 2.83. The summed E-state index contributed by atoms with van der Waals surface area (Å²) in [5.74, 6) is 1.53. The summed E-state index contributed by atoms with van der Waals surface area (Å²) in [7, 11) is 0. The number of rotatable bonds is 8. The van der Waals surface area contributed by atoms with Crippen LogP contribution in [0.1, 0.15) is 13.3 Å². The van der Waals surface area contributed by atoms with E-state index in [0.717, 1.165) is 16.0 Å². The number of thioether (sulfide) groups is 1. The van der Waals surface area contributed by atoms with Crippen LogP contribution in [0.25, 0.3) is 0 Å². The fourth-order valence-electron chi connectivity index (χ4n) is 1.55. The van der Waals surface area contributed by atoms with Crippen LogP contribution in [-0.4, -0.2) is 36.6 Å². The van der Waals surface area contributed by atoms with Crippen molar-refractivity contribution in [3.63, 3.8) is 0 Å². The molecule has 0 fully saturated rings. The second kappa shape index (κ2) is 11.2. The average molecular weight is 398 g/mol. The first-order chi connectivity index (χ1) is 9.54. The lowest BCUT2D eigenvalue weighted by molar-refractivity contribution is -0.122. The highest BCUT2D eigenvalue weighted by Crippen LogP contribution is 2.24. The molecule has 3 N–H and O–H groups in total. The molecule has 1 amide bonds. The number of benzene rings is 1. The monoisotopic (exact) mass is 396 g/mol. The maximum absolute atomic E-state index is 11.8. The zero-order chi connectivity index (χ0) is 15.0. The van der Waals surface area contributed by atoms with Gasteiger partial charge in [-0.05, 0) is 53.4 Å².